The van der Waals surface area contributed by atoms with Crippen LogP contribution >= 0.6 is 0 Å². The quantitative estimate of drug-likeness (QED) is 0.719. The van der Waals surface area contributed by atoms with Crippen molar-refractivity contribution in [1.29, 1.82) is 0 Å². The molecule has 0 radical (unpaired) electrons. The van der Waals surface area contributed by atoms with Gasteiger partial charge < -0.3 is 19.8 Å². The summed E-state index contributed by atoms with van der Waals surface area (Å²) in [5, 5.41) is 5.78. The summed E-state index contributed by atoms with van der Waals surface area (Å²) >= 11 is 0. The lowest BCUT2D eigenvalue weighted by Crippen LogP contribution is -2.35. The zero-order chi connectivity index (χ0) is 12.3. The van der Waals surface area contributed by atoms with Crippen LogP contribution in [0.15, 0.2) is 22.8 Å². The smallest absolute Gasteiger partial charge is 0.322 e. The first-order valence-electron chi connectivity index (χ1n) is 5.36. The first-order chi connectivity index (χ1) is 8.20. The molecular weight excluding hydrogens is 224 g/mol. The van der Waals surface area contributed by atoms with Crippen LogP contribution in [0.3, 0.4) is 0 Å². The highest BCUT2D eigenvalue weighted by molar-refractivity contribution is 5.91. The van der Waals surface area contributed by atoms with Crippen LogP contribution in [0.1, 0.15) is 17.0 Å². The van der Waals surface area contributed by atoms with E-state index in [1.807, 2.05) is 0 Å². The van der Waals surface area contributed by atoms with Gasteiger partial charge in [0.25, 0.3) is 5.91 Å². The van der Waals surface area contributed by atoms with Crippen LogP contribution in [-0.2, 0) is 9.53 Å². The zero-order valence-electron chi connectivity index (χ0n) is 9.43. The largest absolute Gasteiger partial charge is 0.468 e. The maximum Gasteiger partial charge on any atom is 0.322 e. The number of esters is 1. The number of nitrogens with one attached hydrogen (secondary N) is 2. The summed E-state index contributed by atoms with van der Waals surface area (Å²) in [4.78, 5) is 22.9. The minimum atomic E-state index is -0.345. The number of hydrogen-bond acceptors (Lipinski definition) is 5. The molecule has 2 heterocycles. The Morgan fingerprint density at radius 3 is 3.06 bits per heavy atom. The van der Waals surface area contributed by atoms with E-state index in [4.69, 9.17) is 4.42 Å². The first-order valence-corrected chi connectivity index (χ1v) is 5.36. The Morgan fingerprint density at radius 1 is 1.59 bits per heavy atom. The number of rotatable bonds is 3. The number of carbonyl (C=O) groups is 2. The molecule has 0 spiro atoms. The summed E-state index contributed by atoms with van der Waals surface area (Å²) in [5.41, 5.74) is 0. The van der Waals surface area contributed by atoms with Crippen LogP contribution in [0.5, 0.6) is 0 Å². The second-order valence-corrected chi connectivity index (χ2v) is 3.87. The van der Waals surface area contributed by atoms with E-state index in [0.29, 0.717) is 13.0 Å². The van der Waals surface area contributed by atoms with Crippen molar-refractivity contribution in [3.63, 3.8) is 0 Å². The predicted molar refractivity (Wildman–Crippen MR) is 58.4 cm³/mol. The molecule has 1 amide bonds. The topological polar surface area (TPSA) is 80.6 Å². The molecule has 1 aliphatic heterocycles. The molecule has 2 N–H and O–H groups in total. The minimum Gasteiger partial charge on any atom is -0.468 e. The van der Waals surface area contributed by atoms with E-state index < -0.39 is 0 Å². The Morgan fingerprint density at radius 2 is 2.41 bits per heavy atom. The molecule has 2 atom stereocenters. The first kappa shape index (κ1) is 11.7. The van der Waals surface area contributed by atoms with E-state index in [-0.39, 0.29) is 29.7 Å². The van der Waals surface area contributed by atoms with E-state index in [1.54, 1.807) is 12.1 Å². The summed E-state index contributed by atoms with van der Waals surface area (Å²) < 4.78 is 9.60. The number of furan rings is 1. The summed E-state index contributed by atoms with van der Waals surface area (Å²) in [6.07, 6.45) is 1.97. The van der Waals surface area contributed by atoms with E-state index >= 15 is 0 Å². The van der Waals surface area contributed by atoms with Crippen molar-refractivity contribution in [3.05, 3.63) is 24.2 Å². The molecule has 1 aliphatic rings. The maximum absolute atomic E-state index is 11.7. The SMILES string of the molecule is COC(=O)[C@@H]1C[C@@H](NC(=O)c2ccco2)CN1. The lowest BCUT2D eigenvalue weighted by molar-refractivity contribution is -0.142. The van der Waals surface area contributed by atoms with E-state index in [9.17, 15) is 9.59 Å². The molecule has 0 aliphatic carbocycles. The third-order valence-electron chi connectivity index (χ3n) is 2.70. The van der Waals surface area contributed by atoms with Gasteiger partial charge >= 0.3 is 5.97 Å². The van der Waals surface area contributed by atoms with Gasteiger partial charge in [-0.25, -0.2) is 0 Å². The molecule has 92 valence electrons. The number of ether oxygens (including phenoxy) is 1. The van der Waals surface area contributed by atoms with Crippen LogP contribution in [-0.4, -0.2) is 37.6 Å². The highest BCUT2D eigenvalue weighted by Crippen LogP contribution is 2.09. The van der Waals surface area contributed by atoms with Crippen molar-refractivity contribution in [2.24, 2.45) is 0 Å². The Kier molecular flexibility index (Phi) is 3.43. The summed E-state index contributed by atoms with van der Waals surface area (Å²) in [6.45, 7) is 0.548. The van der Waals surface area contributed by atoms with Crippen LogP contribution in [0.4, 0.5) is 0 Å². The van der Waals surface area contributed by atoms with Gasteiger partial charge in [-0.15, -0.1) is 0 Å². The Balaban J connectivity index is 1.86. The molecular formula is C11H14N2O4. The average Bonchev–Trinajstić information content (AvgIpc) is 2.98. The van der Waals surface area contributed by atoms with Gasteiger partial charge in [0.1, 0.15) is 6.04 Å². The summed E-state index contributed by atoms with van der Waals surface area (Å²) in [5.74, 6) is -0.307. The van der Waals surface area contributed by atoms with Gasteiger partial charge in [-0.05, 0) is 18.6 Å². The fourth-order valence-electron chi connectivity index (χ4n) is 1.83. The van der Waals surface area contributed by atoms with E-state index in [2.05, 4.69) is 15.4 Å². The summed E-state index contributed by atoms with van der Waals surface area (Å²) in [7, 11) is 1.35. The molecule has 0 aromatic carbocycles. The molecule has 0 bridgehead atoms. The molecule has 1 aromatic heterocycles. The van der Waals surface area contributed by atoms with Crippen molar-refractivity contribution >= 4 is 11.9 Å². The lowest BCUT2D eigenvalue weighted by Gasteiger charge is -2.10. The normalized spacial score (nSPS) is 23.4. The van der Waals surface area contributed by atoms with Crippen molar-refractivity contribution < 1.29 is 18.7 Å². The molecule has 6 heteroatoms. The summed E-state index contributed by atoms with van der Waals surface area (Å²) in [6, 6.07) is 2.81. The van der Waals surface area contributed by atoms with Gasteiger partial charge in [0.05, 0.1) is 13.4 Å². The predicted octanol–water partition coefficient (Wildman–Crippen LogP) is -0.0871. The van der Waals surface area contributed by atoms with Crippen molar-refractivity contribution in [2.75, 3.05) is 13.7 Å². The molecule has 6 nitrogen and oxygen atoms in total. The molecule has 0 unspecified atom stereocenters. The lowest BCUT2D eigenvalue weighted by atomic mass is 10.1. The van der Waals surface area contributed by atoms with Crippen molar-refractivity contribution in [1.82, 2.24) is 10.6 Å². The Labute approximate surface area is 98.3 Å². The molecule has 1 saturated heterocycles. The number of amides is 1. The molecule has 0 saturated carbocycles. The fourth-order valence-corrected chi connectivity index (χ4v) is 1.83. The number of methoxy groups -OCH3 is 1. The van der Waals surface area contributed by atoms with Crippen LogP contribution < -0.4 is 10.6 Å². The number of hydrogen-bond donors (Lipinski definition) is 2. The van der Waals surface area contributed by atoms with Gasteiger partial charge in [0.15, 0.2) is 5.76 Å². The van der Waals surface area contributed by atoms with Gasteiger partial charge in [0.2, 0.25) is 0 Å². The highest BCUT2D eigenvalue weighted by Gasteiger charge is 2.31. The minimum absolute atomic E-state index is 0.0864. The third kappa shape index (κ3) is 2.65. The second kappa shape index (κ2) is 5.01. The average molecular weight is 238 g/mol. The molecule has 17 heavy (non-hydrogen) atoms. The Hall–Kier alpha value is -1.82. The third-order valence-corrected chi connectivity index (χ3v) is 2.70. The van der Waals surface area contributed by atoms with Gasteiger partial charge in [-0.3, -0.25) is 9.59 Å². The zero-order valence-corrected chi connectivity index (χ0v) is 9.43. The van der Waals surface area contributed by atoms with Gasteiger partial charge in [-0.1, -0.05) is 0 Å². The standard InChI is InChI=1S/C11H14N2O4/c1-16-11(15)8-5-7(6-12-8)13-10(14)9-3-2-4-17-9/h2-4,7-8,12H,5-6H2,1H3,(H,13,14)/t7-,8+/m1/s1. The van der Waals surface area contributed by atoms with E-state index in [1.165, 1.54) is 13.4 Å². The fraction of sp³-hybridized carbons (Fsp3) is 0.455. The van der Waals surface area contributed by atoms with Crippen LogP contribution in [0, 0.1) is 0 Å². The molecule has 2 rings (SSSR count). The van der Waals surface area contributed by atoms with Gasteiger partial charge in [-0.2, -0.15) is 0 Å². The van der Waals surface area contributed by atoms with Crippen LogP contribution in [0.25, 0.3) is 0 Å². The monoisotopic (exact) mass is 238 g/mol. The Bertz CT molecular complexity index is 402. The van der Waals surface area contributed by atoms with Crippen molar-refractivity contribution in [2.45, 2.75) is 18.5 Å². The highest BCUT2D eigenvalue weighted by atomic mass is 16.5. The number of carbonyl (C=O) groups excluding carboxylic acids is 2. The van der Waals surface area contributed by atoms with E-state index in [0.717, 1.165) is 0 Å². The maximum atomic E-state index is 11.7. The molecule has 1 aromatic rings. The van der Waals surface area contributed by atoms with Gasteiger partial charge in [0, 0.05) is 12.6 Å². The van der Waals surface area contributed by atoms with Crippen molar-refractivity contribution in [3.8, 4) is 0 Å². The second-order valence-electron chi connectivity index (χ2n) is 3.87. The molecule has 1 fully saturated rings. The van der Waals surface area contributed by atoms with Crippen LogP contribution in [0.2, 0.25) is 0 Å².